The van der Waals surface area contributed by atoms with Crippen LogP contribution < -0.4 is 10.9 Å². The number of fused-ring (bicyclic) bond motifs is 1. The van der Waals surface area contributed by atoms with E-state index >= 15 is 0 Å². The summed E-state index contributed by atoms with van der Waals surface area (Å²) in [5, 5.41) is 8.34. The van der Waals surface area contributed by atoms with Crippen molar-refractivity contribution in [1.29, 1.82) is 0 Å². The molecule has 0 unspecified atom stereocenters. The first-order chi connectivity index (χ1) is 14.0. The summed E-state index contributed by atoms with van der Waals surface area (Å²) in [4.78, 5) is 28.1. The summed E-state index contributed by atoms with van der Waals surface area (Å²) in [5.41, 5.74) is 4.48. The molecule has 1 aliphatic rings. The largest absolute Gasteiger partial charge is 0.348 e. The average Bonchev–Trinajstić information content (AvgIpc) is 3.35. The van der Waals surface area contributed by atoms with Crippen molar-refractivity contribution < 1.29 is 4.79 Å². The summed E-state index contributed by atoms with van der Waals surface area (Å²) in [7, 11) is 0. The SMILES string of the molecule is C=Cc1cc(C(=O)NCc2c(C)cc(C)[nH]c2=O)c2cnn(C3CCCC3)c2c1. The molecule has 3 aromatic rings. The van der Waals surface area contributed by atoms with Gasteiger partial charge in [-0.1, -0.05) is 25.5 Å². The van der Waals surface area contributed by atoms with Gasteiger partial charge in [-0.25, -0.2) is 0 Å². The zero-order chi connectivity index (χ0) is 20.5. The summed E-state index contributed by atoms with van der Waals surface area (Å²) in [6, 6.07) is 6.17. The molecule has 29 heavy (non-hydrogen) atoms. The predicted octanol–water partition coefficient (Wildman–Crippen LogP) is 4.03. The molecule has 6 heteroatoms. The molecule has 0 saturated heterocycles. The van der Waals surface area contributed by atoms with Crippen molar-refractivity contribution in [3.63, 3.8) is 0 Å². The minimum absolute atomic E-state index is 0.165. The summed E-state index contributed by atoms with van der Waals surface area (Å²) in [6.07, 6.45) is 8.19. The molecule has 1 aliphatic carbocycles. The van der Waals surface area contributed by atoms with Gasteiger partial charge in [-0.3, -0.25) is 14.3 Å². The Balaban J connectivity index is 1.67. The number of hydrogen-bond donors (Lipinski definition) is 2. The number of aromatic amines is 1. The number of H-pyrrole nitrogens is 1. The van der Waals surface area contributed by atoms with Crippen LogP contribution in [0, 0.1) is 13.8 Å². The number of aromatic nitrogens is 3. The van der Waals surface area contributed by atoms with E-state index in [1.54, 1.807) is 12.3 Å². The Hall–Kier alpha value is -3.15. The first-order valence-corrected chi connectivity index (χ1v) is 10.1. The van der Waals surface area contributed by atoms with Crippen molar-refractivity contribution in [1.82, 2.24) is 20.1 Å². The van der Waals surface area contributed by atoms with Crippen molar-refractivity contribution in [3.05, 3.63) is 69.3 Å². The van der Waals surface area contributed by atoms with E-state index in [4.69, 9.17) is 0 Å². The fraction of sp³-hybridized carbons (Fsp3) is 0.348. The van der Waals surface area contributed by atoms with Gasteiger partial charge in [0.25, 0.3) is 11.5 Å². The number of aryl methyl sites for hydroxylation is 2. The third-order valence-electron chi connectivity index (χ3n) is 5.81. The smallest absolute Gasteiger partial charge is 0.253 e. The van der Waals surface area contributed by atoms with Crippen LogP contribution in [-0.4, -0.2) is 20.7 Å². The highest BCUT2D eigenvalue weighted by Crippen LogP contribution is 2.33. The third kappa shape index (κ3) is 3.62. The van der Waals surface area contributed by atoms with Crippen LogP contribution in [0.2, 0.25) is 0 Å². The number of nitrogens with zero attached hydrogens (tertiary/aromatic N) is 2. The van der Waals surface area contributed by atoms with Gasteiger partial charge in [0.05, 0.1) is 23.3 Å². The molecule has 2 N–H and O–H groups in total. The highest BCUT2D eigenvalue weighted by Gasteiger charge is 2.22. The van der Waals surface area contributed by atoms with Crippen LogP contribution in [0.4, 0.5) is 0 Å². The quantitative estimate of drug-likeness (QED) is 0.690. The van der Waals surface area contributed by atoms with Gasteiger partial charge in [-0.15, -0.1) is 0 Å². The molecule has 0 spiro atoms. The topological polar surface area (TPSA) is 79.8 Å². The number of nitrogens with one attached hydrogen (secondary N) is 2. The standard InChI is InChI=1S/C23H26N4O2/c1-4-16-10-18(20-13-25-27(21(20)11-16)17-7-5-6-8-17)22(28)24-12-19-14(2)9-15(3)26-23(19)29/h4,9-11,13,17H,1,5-8,12H2,2-3H3,(H,24,28)(H,26,29). The monoisotopic (exact) mass is 390 g/mol. The lowest BCUT2D eigenvalue weighted by molar-refractivity contribution is 0.0952. The zero-order valence-electron chi connectivity index (χ0n) is 16.9. The Labute approximate surface area is 169 Å². The predicted molar refractivity (Wildman–Crippen MR) is 115 cm³/mol. The van der Waals surface area contributed by atoms with Gasteiger partial charge < -0.3 is 10.3 Å². The van der Waals surface area contributed by atoms with Gasteiger partial charge in [0.1, 0.15) is 0 Å². The van der Waals surface area contributed by atoms with E-state index in [-0.39, 0.29) is 18.0 Å². The highest BCUT2D eigenvalue weighted by molar-refractivity contribution is 6.07. The Morgan fingerprint density at radius 2 is 2.07 bits per heavy atom. The number of carbonyl (C=O) groups excluding carboxylic acids is 1. The maximum atomic E-state index is 13.0. The van der Waals surface area contributed by atoms with Crippen molar-refractivity contribution >= 4 is 22.9 Å². The Morgan fingerprint density at radius 1 is 1.31 bits per heavy atom. The molecule has 1 aromatic carbocycles. The molecule has 4 rings (SSSR count). The third-order valence-corrected chi connectivity index (χ3v) is 5.81. The van der Waals surface area contributed by atoms with Gasteiger partial charge in [0, 0.05) is 23.2 Å². The lowest BCUT2D eigenvalue weighted by atomic mass is 10.0. The number of amides is 1. The first-order valence-electron chi connectivity index (χ1n) is 10.1. The second-order valence-electron chi connectivity index (χ2n) is 7.86. The minimum Gasteiger partial charge on any atom is -0.348 e. The molecule has 150 valence electrons. The lowest BCUT2D eigenvalue weighted by Crippen LogP contribution is -2.28. The van der Waals surface area contributed by atoms with Crippen molar-refractivity contribution in [3.8, 4) is 0 Å². The van der Waals surface area contributed by atoms with E-state index in [1.165, 1.54) is 12.8 Å². The number of carbonyl (C=O) groups is 1. The molecule has 0 atom stereocenters. The molecule has 1 saturated carbocycles. The summed E-state index contributed by atoms with van der Waals surface area (Å²) < 4.78 is 2.06. The molecule has 0 bridgehead atoms. The van der Waals surface area contributed by atoms with E-state index in [1.807, 2.05) is 32.0 Å². The maximum Gasteiger partial charge on any atom is 0.253 e. The van der Waals surface area contributed by atoms with Gasteiger partial charge in [-0.2, -0.15) is 5.10 Å². The first kappa shape index (κ1) is 19.2. The van der Waals surface area contributed by atoms with Crippen LogP contribution in [0.5, 0.6) is 0 Å². The second kappa shape index (κ2) is 7.70. The van der Waals surface area contributed by atoms with E-state index < -0.39 is 0 Å². The summed E-state index contributed by atoms with van der Waals surface area (Å²) in [6.45, 7) is 7.77. The molecule has 6 nitrogen and oxygen atoms in total. The van der Waals surface area contributed by atoms with Gasteiger partial charge in [0.2, 0.25) is 0 Å². The van der Waals surface area contributed by atoms with Crippen LogP contribution >= 0.6 is 0 Å². The van der Waals surface area contributed by atoms with Gasteiger partial charge in [0.15, 0.2) is 0 Å². The molecule has 2 heterocycles. The molecule has 1 amide bonds. The van der Waals surface area contributed by atoms with Crippen molar-refractivity contribution in [2.45, 2.75) is 52.1 Å². The van der Waals surface area contributed by atoms with Crippen LogP contribution in [0.3, 0.4) is 0 Å². The minimum atomic E-state index is -0.218. The summed E-state index contributed by atoms with van der Waals surface area (Å²) >= 11 is 0. The van der Waals surface area contributed by atoms with E-state index in [2.05, 4.69) is 26.7 Å². The maximum absolute atomic E-state index is 13.0. The molecule has 0 aliphatic heterocycles. The van der Waals surface area contributed by atoms with Crippen LogP contribution in [-0.2, 0) is 6.54 Å². The molecule has 2 aromatic heterocycles. The normalized spacial score (nSPS) is 14.4. The fourth-order valence-electron chi connectivity index (χ4n) is 4.28. The number of hydrogen-bond acceptors (Lipinski definition) is 3. The number of pyridine rings is 1. The van der Waals surface area contributed by atoms with E-state index in [0.29, 0.717) is 17.2 Å². The van der Waals surface area contributed by atoms with Crippen LogP contribution in [0.1, 0.15) is 64.5 Å². The van der Waals surface area contributed by atoms with E-state index in [9.17, 15) is 9.59 Å². The van der Waals surface area contributed by atoms with Gasteiger partial charge >= 0.3 is 0 Å². The van der Waals surface area contributed by atoms with Crippen molar-refractivity contribution in [2.24, 2.45) is 0 Å². The van der Waals surface area contributed by atoms with Gasteiger partial charge in [-0.05, 0) is 56.0 Å². The zero-order valence-corrected chi connectivity index (χ0v) is 16.9. The molecular formula is C23H26N4O2. The summed E-state index contributed by atoms with van der Waals surface area (Å²) in [5.74, 6) is -0.218. The molecule has 1 fully saturated rings. The Bertz CT molecular complexity index is 1150. The molecular weight excluding hydrogens is 364 g/mol. The lowest BCUT2D eigenvalue weighted by Gasteiger charge is -2.13. The second-order valence-corrected chi connectivity index (χ2v) is 7.86. The molecule has 0 radical (unpaired) electrons. The Morgan fingerprint density at radius 3 is 2.76 bits per heavy atom. The fourth-order valence-corrected chi connectivity index (χ4v) is 4.28. The van der Waals surface area contributed by atoms with Crippen molar-refractivity contribution in [2.75, 3.05) is 0 Å². The Kier molecular flexibility index (Phi) is 5.09. The highest BCUT2D eigenvalue weighted by atomic mass is 16.1. The number of benzene rings is 1. The van der Waals surface area contributed by atoms with E-state index in [0.717, 1.165) is 40.6 Å². The van der Waals surface area contributed by atoms with Crippen LogP contribution in [0.25, 0.3) is 17.0 Å². The number of rotatable bonds is 5. The van der Waals surface area contributed by atoms with Crippen LogP contribution in [0.15, 0.2) is 35.8 Å². The average molecular weight is 390 g/mol.